The molecule has 2 aromatic rings. The van der Waals surface area contributed by atoms with Crippen molar-refractivity contribution in [3.63, 3.8) is 0 Å². The van der Waals surface area contributed by atoms with Crippen LogP contribution in [-0.4, -0.2) is 27.8 Å². The predicted octanol–water partition coefficient (Wildman–Crippen LogP) is 2.19. The van der Waals surface area contributed by atoms with E-state index >= 15 is 0 Å². The average molecular weight is 253 g/mol. The molecule has 1 N–H and O–H groups in total. The Balaban J connectivity index is 2.25. The Morgan fingerprint density at radius 3 is 2.72 bits per heavy atom. The summed E-state index contributed by atoms with van der Waals surface area (Å²) in [7, 11) is 0. The van der Waals surface area contributed by atoms with Crippen LogP contribution < -0.4 is 4.74 Å². The lowest BCUT2D eigenvalue weighted by Crippen LogP contribution is -2.02. The number of nitrogens with zero attached hydrogens (tertiary/aromatic N) is 2. The van der Waals surface area contributed by atoms with Crippen molar-refractivity contribution in [1.82, 2.24) is 15.0 Å². The van der Waals surface area contributed by atoms with E-state index in [9.17, 15) is 13.6 Å². The van der Waals surface area contributed by atoms with Crippen LogP contribution in [0.25, 0.3) is 11.5 Å². The van der Waals surface area contributed by atoms with Crippen LogP contribution in [0.5, 0.6) is 5.75 Å². The molecule has 0 unspecified atom stereocenters. The Bertz CT molecular complexity index is 552. The van der Waals surface area contributed by atoms with E-state index in [0.717, 1.165) is 0 Å². The fraction of sp³-hybridized carbons (Fsp3) is 0.182. The second kappa shape index (κ2) is 4.91. The molecule has 0 aromatic carbocycles. The Labute approximate surface area is 101 Å². The van der Waals surface area contributed by atoms with Gasteiger partial charge in [0.05, 0.1) is 6.20 Å². The summed E-state index contributed by atoms with van der Waals surface area (Å²) in [4.78, 5) is 21.5. The van der Waals surface area contributed by atoms with E-state index in [-0.39, 0.29) is 5.75 Å². The fourth-order valence-corrected chi connectivity index (χ4v) is 1.40. The van der Waals surface area contributed by atoms with Gasteiger partial charge >= 0.3 is 6.61 Å². The molecule has 0 saturated heterocycles. The van der Waals surface area contributed by atoms with Gasteiger partial charge in [0.2, 0.25) is 0 Å². The predicted molar refractivity (Wildman–Crippen MR) is 58.6 cm³/mol. The van der Waals surface area contributed by atoms with Gasteiger partial charge in [-0.2, -0.15) is 8.78 Å². The molecule has 2 heterocycles. The highest BCUT2D eigenvalue weighted by Gasteiger charge is 2.10. The summed E-state index contributed by atoms with van der Waals surface area (Å²) >= 11 is 0. The summed E-state index contributed by atoms with van der Waals surface area (Å²) in [5, 5.41) is 0. The third kappa shape index (κ3) is 2.50. The Morgan fingerprint density at radius 1 is 1.44 bits per heavy atom. The second-order valence-electron chi connectivity index (χ2n) is 3.47. The summed E-state index contributed by atoms with van der Waals surface area (Å²) in [5.74, 6) is 0.367. The molecule has 7 heteroatoms. The Hall–Kier alpha value is -2.31. The summed E-state index contributed by atoms with van der Waals surface area (Å²) in [6.07, 6.45) is 1.80. The molecule has 0 aliphatic rings. The van der Waals surface area contributed by atoms with Crippen LogP contribution in [-0.2, 0) is 0 Å². The number of aldehydes is 1. The number of pyridine rings is 1. The van der Waals surface area contributed by atoms with Gasteiger partial charge in [0.25, 0.3) is 0 Å². The van der Waals surface area contributed by atoms with Gasteiger partial charge in [0.1, 0.15) is 17.1 Å². The quantitative estimate of drug-likeness (QED) is 0.848. The minimum Gasteiger partial charge on any atom is -0.433 e. The number of ether oxygens (including phenoxy) is 1. The normalized spacial score (nSPS) is 10.7. The van der Waals surface area contributed by atoms with E-state index in [4.69, 9.17) is 0 Å². The number of hydrogen-bond donors (Lipinski definition) is 1. The zero-order valence-electron chi connectivity index (χ0n) is 9.35. The minimum atomic E-state index is -2.88. The fourth-order valence-electron chi connectivity index (χ4n) is 1.40. The molecule has 94 valence electrons. The number of aromatic amines is 1. The van der Waals surface area contributed by atoms with Crippen molar-refractivity contribution >= 4 is 6.29 Å². The molecule has 0 saturated carbocycles. The van der Waals surface area contributed by atoms with Crippen molar-refractivity contribution in [3.8, 4) is 17.3 Å². The van der Waals surface area contributed by atoms with Gasteiger partial charge in [-0.05, 0) is 19.1 Å². The van der Waals surface area contributed by atoms with Gasteiger partial charge in [-0.25, -0.2) is 9.97 Å². The number of carbonyl (C=O) groups is 1. The Morgan fingerprint density at radius 2 is 2.22 bits per heavy atom. The van der Waals surface area contributed by atoms with E-state index in [1.54, 1.807) is 6.92 Å². The number of nitrogens with one attached hydrogen (secondary N) is 1. The molecular formula is C11H9F2N3O2. The number of rotatable bonds is 4. The first kappa shape index (κ1) is 12.2. The van der Waals surface area contributed by atoms with Crippen molar-refractivity contribution < 1.29 is 18.3 Å². The average Bonchev–Trinajstić information content (AvgIpc) is 2.71. The molecule has 2 aromatic heterocycles. The number of H-pyrrole nitrogens is 1. The highest BCUT2D eigenvalue weighted by molar-refractivity contribution is 5.75. The minimum absolute atomic E-state index is 0.0346. The van der Waals surface area contributed by atoms with Crippen LogP contribution >= 0.6 is 0 Å². The third-order valence-electron chi connectivity index (χ3n) is 2.24. The number of halogens is 2. The van der Waals surface area contributed by atoms with E-state index in [2.05, 4.69) is 19.7 Å². The molecule has 5 nitrogen and oxygen atoms in total. The molecule has 0 fully saturated rings. The number of aryl methyl sites for hydroxylation is 1. The lowest BCUT2D eigenvalue weighted by molar-refractivity contribution is -0.0500. The second-order valence-corrected chi connectivity index (χ2v) is 3.47. The highest BCUT2D eigenvalue weighted by atomic mass is 19.3. The highest BCUT2D eigenvalue weighted by Crippen LogP contribution is 2.19. The van der Waals surface area contributed by atoms with Crippen LogP contribution in [0.4, 0.5) is 8.78 Å². The standard InChI is InChI=1S/C11H9F2N3O2/c1-6-9(5-17)16-10(15-6)8-3-2-7(4-14-8)18-11(12)13/h2-5,11H,1H3,(H,15,16). The van der Waals surface area contributed by atoms with Crippen LogP contribution in [0.1, 0.15) is 16.2 Å². The van der Waals surface area contributed by atoms with Crippen LogP contribution in [0, 0.1) is 6.92 Å². The van der Waals surface area contributed by atoms with Gasteiger partial charge in [-0.3, -0.25) is 4.79 Å². The van der Waals surface area contributed by atoms with Gasteiger partial charge in [0, 0.05) is 5.69 Å². The number of carbonyl (C=O) groups excluding carboxylic acids is 1. The van der Waals surface area contributed by atoms with Crippen molar-refractivity contribution in [2.24, 2.45) is 0 Å². The van der Waals surface area contributed by atoms with E-state index in [0.29, 0.717) is 29.2 Å². The molecule has 18 heavy (non-hydrogen) atoms. The van der Waals surface area contributed by atoms with E-state index in [1.165, 1.54) is 18.3 Å². The van der Waals surface area contributed by atoms with E-state index < -0.39 is 6.61 Å². The maximum absolute atomic E-state index is 11.9. The molecule has 0 aliphatic heterocycles. The van der Waals surface area contributed by atoms with Gasteiger partial charge in [-0.1, -0.05) is 0 Å². The first-order chi connectivity index (χ1) is 8.60. The number of alkyl halides is 2. The van der Waals surface area contributed by atoms with E-state index in [1.807, 2.05) is 0 Å². The SMILES string of the molecule is Cc1[nH]c(-c2ccc(OC(F)F)cn2)nc1C=O. The van der Waals surface area contributed by atoms with Crippen molar-refractivity contribution in [2.45, 2.75) is 13.5 Å². The summed E-state index contributed by atoms with van der Waals surface area (Å²) in [6, 6.07) is 2.83. The zero-order chi connectivity index (χ0) is 13.1. The molecule has 0 amide bonds. The maximum Gasteiger partial charge on any atom is 0.387 e. The molecule has 0 atom stereocenters. The molecule has 0 bridgehead atoms. The van der Waals surface area contributed by atoms with Crippen LogP contribution in [0.15, 0.2) is 18.3 Å². The summed E-state index contributed by atoms with van der Waals surface area (Å²) in [5.41, 5.74) is 1.35. The maximum atomic E-state index is 11.9. The largest absolute Gasteiger partial charge is 0.433 e. The summed E-state index contributed by atoms with van der Waals surface area (Å²) in [6.45, 7) is -1.18. The number of hydrogen-bond acceptors (Lipinski definition) is 4. The first-order valence-electron chi connectivity index (χ1n) is 5.03. The van der Waals surface area contributed by atoms with Gasteiger partial charge in [0.15, 0.2) is 12.1 Å². The smallest absolute Gasteiger partial charge is 0.387 e. The first-order valence-corrected chi connectivity index (χ1v) is 5.03. The zero-order valence-corrected chi connectivity index (χ0v) is 9.35. The molecule has 0 spiro atoms. The van der Waals surface area contributed by atoms with Crippen LogP contribution in [0.2, 0.25) is 0 Å². The monoisotopic (exact) mass is 253 g/mol. The van der Waals surface area contributed by atoms with Gasteiger partial charge < -0.3 is 9.72 Å². The van der Waals surface area contributed by atoms with Crippen molar-refractivity contribution in [3.05, 3.63) is 29.7 Å². The summed E-state index contributed by atoms with van der Waals surface area (Å²) < 4.78 is 28.0. The lowest BCUT2D eigenvalue weighted by atomic mass is 10.3. The van der Waals surface area contributed by atoms with Gasteiger partial charge in [-0.15, -0.1) is 0 Å². The molecular weight excluding hydrogens is 244 g/mol. The molecule has 2 rings (SSSR count). The van der Waals surface area contributed by atoms with Crippen molar-refractivity contribution in [2.75, 3.05) is 0 Å². The number of imidazole rings is 1. The third-order valence-corrected chi connectivity index (χ3v) is 2.24. The molecule has 0 radical (unpaired) electrons. The Kier molecular flexibility index (Phi) is 3.31. The lowest BCUT2D eigenvalue weighted by Gasteiger charge is -2.03. The van der Waals surface area contributed by atoms with Crippen molar-refractivity contribution in [1.29, 1.82) is 0 Å². The number of aromatic nitrogens is 3. The van der Waals surface area contributed by atoms with Crippen LogP contribution in [0.3, 0.4) is 0 Å². The topological polar surface area (TPSA) is 67.9 Å². The molecule has 0 aliphatic carbocycles.